The highest BCUT2D eigenvalue weighted by Gasteiger charge is 2.38. The molecule has 1 aliphatic rings. The average Bonchev–Trinajstić information content (AvgIpc) is 2.67. The van der Waals surface area contributed by atoms with Crippen LogP contribution in [0, 0.1) is 0 Å². The van der Waals surface area contributed by atoms with Gasteiger partial charge < -0.3 is 14.9 Å². The number of aliphatic hydroxyl groups is 2. The van der Waals surface area contributed by atoms with Crippen LogP contribution in [0.2, 0.25) is 0 Å². The Balaban J connectivity index is 2.47. The van der Waals surface area contributed by atoms with E-state index in [1.54, 1.807) is 6.92 Å². The van der Waals surface area contributed by atoms with E-state index in [1.807, 2.05) is 0 Å². The van der Waals surface area contributed by atoms with Crippen LogP contribution in [0.1, 0.15) is 13.2 Å². The zero-order valence-corrected chi connectivity index (χ0v) is 10.5. The summed E-state index contributed by atoms with van der Waals surface area (Å²) in [5, 5.41) is 18.9. The van der Waals surface area contributed by atoms with Gasteiger partial charge in [-0.15, -0.1) is 0 Å². The fraction of sp³-hybridized carbons (Fsp3) is 0.500. The molecule has 1 unspecified atom stereocenters. The van der Waals surface area contributed by atoms with Crippen molar-refractivity contribution in [3.05, 3.63) is 45.3 Å². The first-order valence-electron chi connectivity index (χ1n) is 5.96. The molecule has 1 aromatic rings. The van der Waals surface area contributed by atoms with Gasteiger partial charge in [-0.05, 0) is 6.92 Å². The second kappa shape index (κ2) is 5.12. The van der Waals surface area contributed by atoms with Crippen LogP contribution in [0.15, 0.2) is 34.0 Å². The van der Waals surface area contributed by atoms with Crippen LogP contribution in [0.3, 0.4) is 0 Å². The first-order chi connectivity index (χ1) is 9.01. The summed E-state index contributed by atoms with van der Waals surface area (Å²) < 4.78 is 7.63. The summed E-state index contributed by atoms with van der Waals surface area (Å²) in [5.41, 5.74) is -0.652. The second-order valence-electron chi connectivity index (χ2n) is 4.32. The minimum absolute atomic E-state index is 0.240. The van der Waals surface area contributed by atoms with Crippen molar-refractivity contribution in [2.75, 3.05) is 6.61 Å². The normalized spacial score (nSPS) is 26.9. The molecule has 3 atom stereocenters. The van der Waals surface area contributed by atoms with Gasteiger partial charge in [-0.3, -0.25) is 13.9 Å². The molecule has 0 radical (unpaired) electrons. The summed E-state index contributed by atoms with van der Waals surface area (Å²) >= 11 is 0. The molecule has 0 saturated carbocycles. The molecule has 7 heteroatoms. The summed E-state index contributed by atoms with van der Waals surface area (Å²) in [6.07, 6.45) is -1.42. The Labute approximate surface area is 109 Å². The largest absolute Gasteiger partial charge is 0.394 e. The number of hydrogen-bond acceptors (Lipinski definition) is 5. The third-order valence-electron chi connectivity index (χ3n) is 3.20. The topological polar surface area (TPSA) is 93.7 Å². The van der Waals surface area contributed by atoms with E-state index in [9.17, 15) is 14.7 Å². The second-order valence-corrected chi connectivity index (χ2v) is 4.32. The molecular formula is C12H16N2O5. The van der Waals surface area contributed by atoms with E-state index in [4.69, 9.17) is 9.84 Å². The molecule has 104 valence electrons. The monoisotopic (exact) mass is 268 g/mol. The summed E-state index contributed by atoms with van der Waals surface area (Å²) in [5.74, 6) is 0. The van der Waals surface area contributed by atoms with Crippen LogP contribution in [-0.2, 0) is 11.3 Å². The first-order valence-corrected chi connectivity index (χ1v) is 5.96. The van der Waals surface area contributed by atoms with Crippen LogP contribution in [0.4, 0.5) is 0 Å². The van der Waals surface area contributed by atoms with Crippen LogP contribution < -0.4 is 11.2 Å². The fourth-order valence-corrected chi connectivity index (χ4v) is 2.10. The van der Waals surface area contributed by atoms with Crippen LogP contribution in [0.5, 0.6) is 0 Å². The quantitative estimate of drug-likeness (QED) is 0.674. The average molecular weight is 268 g/mol. The molecule has 1 fully saturated rings. The summed E-state index contributed by atoms with van der Waals surface area (Å²) in [6, 6.07) is 1.25. The predicted molar refractivity (Wildman–Crippen MR) is 66.8 cm³/mol. The van der Waals surface area contributed by atoms with Gasteiger partial charge in [0, 0.05) is 24.4 Å². The maximum absolute atomic E-state index is 12.1. The number of aliphatic hydroxyl groups excluding tert-OH is 2. The lowest BCUT2D eigenvalue weighted by Crippen LogP contribution is -2.40. The Morgan fingerprint density at radius 2 is 2.16 bits per heavy atom. The van der Waals surface area contributed by atoms with Gasteiger partial charge in [0.25, 0.3) is 5.56 Å². The Bertz CT molecular complexity index is 603. The van der Waals surface area contributed by atoms with Crippen molar-refractivity contribution < 1.29 is 14.9 Å². The van der Waals surface area contributed by atoms with E-state index in [1.165, 1.54) is 16.8 Å². The molecule has 1 aliphatic heterocycles. The van der Waals surface area contributed by atoms with Crippen molar-refractivity contribution in [1.29, 1.82) is 0 Å². The molecule has 1 saturated heterocycles. The van der Waals surface area contributed by atoms with Gasteiger partial charge in [0.1, 0.15) is 12.2 Å². The molecule has 1 aromatic heterocycles. The summed E-state index contributed by atoms with van der Waals surface area (Å²) in [4.78, 5) is 23.6. The SMILES string of the molecule is C=C1C(O)[C@H](CO)O[C@@H]1n1ccc(=O)n(CC)c1=O. The minimum Gasteiger partial charge on any atom is -0.394 e. The number of ether oxygens (including phenoxy) is 1. The molecular weight excluding hydrogens is 252 g/mol. The lowest BCUT2D eigenvalue weighted by atomic mass is 10.1. The van der Waals surface area contributed by atoms with Gasteiger partial charge in [-0.1, -0.05) is 6.58 Å². The summed E-state index contributed by atoms with van der Waals surface area (Å²) in [6.45, 7) is 5.22. The van der Waals surface area contributed by atoms with Crippen molar-refractivity contribution in [2.24, 2.45) is 0 Å². The van der Waals surface area contributed by atoms with Crippen molar-refractivity contribution in [3.63, 3.8) is 0 Å². The summed E-state index contributed by atoms with van der Waals surface area (Å²) in [7, 11) is 0. The lowest BCUT2D eigenvalue weighted by molar-refractivity contribution is -0.0451. The van der Waals surface area contributed by atoms with Crippen molar-refractivity contribution in [1.82, 2.24) is 9.13 Å². The molecule has 2 heterocycles. The maximum Gasteiger partial charge on any atom is 0.333 e. The maximum atomic E-state index is 12.1. The van der Waals surface area contributed by atoms with E-state index in [0.29, 0.717) is 0 Å². The molecule has 0 aromatic carbocycles. The predicted octanol–water partition coefficient (Wildman–Crippen LogP) is -1.16. The van der Waals surface area contributed by atoms with E-state index < -0.39 is 29.7 Å². The molecule has 2 rings (SSSR count). The van der Waals surface area contributed by atoms with Crippen LogP contribution in [0.25, 0.3) is 0 Å². The number of rotatable bonds is 3. The van der Waals surface area contributed by atoms with Gasteiger partial charge in [0.2, 0.25) is 0 Å². The standard InChI is InChI=1S/C12H16N2O5/c1-3-13-9(16)4-5-14(12(13)18)11-7(2)10(17)8(6-15)19-11/h4-5,8,10-11,15,17H,2-3,6H2,1H3/t8-,10?,11-/m0/s1. The fourth-order valence-electron chi connectivity index (χ4n) is 2.10. The van der Waals surface area contributed by atoms with Gasteiger partial charge >= 0.3 is 5.69 Å². The molecule has 19 heavy (non-hydrogen) atoms. The first kappa shape index (κ1) is 13.7. The van der Waals surface area contributed by atoms with Gasteiger partial charge in [0.05, 0.1) is 6.61 Å². The highest BCUT2D eigenvalue weighted by Crippen LogP contribution is 2.31. The van der Waals surface area contributed by atoms with E-state index >= 15 is 0 Å². The lowest BCUT2D eigenvalue weighted by Gasteiger charge is -2.16. The Morgan fingerprint density at radius 3 is 2.68 bits per heavy atom. The Hall–Kier alpha value is -1.70. The molecule has 0 aliphatic carbocycles. The highest BCUT2D eigenvalue weighted by molar-refractivity contribution is 5.15. The zero-order valence-electron chi connectivity index (χ0n) is 10.5. The minimum atomic E-state index is -1.04. The number of hydrogen-bond donors (Lipinski definition) is 2. The molecule has 0 spiro atoms. The van der Waals surface area contributed by atoms with Crippen LogP contribution in [-0.4, -0.2) is 38.2 Å². The van der Waals surface area contributed by atoms with E-state index in [-0.39, 0.29) is 18.7 Å². The van der Waals surface area contributed by atoms with E-state index in [2.05, 4.69) is 6.58 Å². The highest BCUT2D eigenvalue weighted by atomic mass is 16.5. The Morgan fingerprint density at radius 1 is 1.47 bits per heavy atom. The van der Waals surface area contributed by atoms with E-state index in [0.717, 1.165) is 4.57 Å². The molecule has 0 bridgehead atoms. The smallest absolute Gasteiger partial charge is 0.333 e. The van der Waals surface area contributed by atoms with Crippen LogP contribution >= 0.6 is 0 Å². The van der Waals surface area contributed by atoms with Gasteiger partial charge in [-0.2, -0.15) is 0 Å². The van der Waals surface area contributed by atoms with Crippen molar-refractivity contribution in [2.45, 2.75) is 31.9 Å². The number of aromatic nitrogens is 2. The molecule has 7 nitrogen and oxygen atoms in total. The third-order valence-corrected chi connectivity index (χ3v) is 3.20. The Kier molecular flexibility index (Phi) is 3.70. The number of nitrogens with zero attached hydrogens (tertiary/aromatic N) is 2. The molecule has 0 amide bonds. The zero-order chi connectivity index (χ0) is 14.2. The van der Waals surface area contributed by atoms with Crippen molar-refractivity contribution >= 4 is 0 Å². The van der Waals surface area contributed by atoms with Gasteiger partial charge in [0.15, 0.2) is 6.23 Å². The third kappa shape index (κ3) is 2.16. The molecule has 2 N–H and O–H groups in total. The van der Waals surface area contributed by atoms with Gasteiger partial charge in [-0.25, -0.2) is 4.79 Å². The van der Waals surface area contributed by atoms with Crippen molar-refractivity contribution in [3.8, 4) is 0 Å².